The minimum absolute atomic E-state index is 0.171. The Balaban J connectivity index is 1.62. The first-order valence-electron chi connectivity index (χ1n) is 8.09. The van der Waals surface area contributed by atoms with E-state index in [4.69, 9.17) is 9.94 Å². The zero-order chi connectivity index (χ0) is 19.2. The number of fused-ring (bicyclic) bond motifs is 1. The van der Waals surface area contributed by atoms with Crippen LogP contribution >= 0.6 is 0 Å². The van der Waals surface area contributed by atoms with Crippen LogP contribution in [0.2, 0.25) is 0 Å². The van der Waals surface area contributed by atoms with Gasteiger partial charge in [0.1, 0.15) is 11.4 Å². The number of hydrogen-bond donors (Lipinski definition) is 4. The van der Waals surface area contributed by atoms with Gasteiger partial charge in [0.05, 0.1) is 13.7 Å². The van der Waals surface area contributed by atoms with Gasteiger partial charge in [0.2, 0.25) is 0 Å². The van der Waals surface area contributed by atoms with Gasteiger partial charge in [0, 0.05) is 22.0 Å². The molecule has 1 aromatic heterocycles. The van der Waals surface area contributed by atoms with E-state index in [2.05, 4.69) is 22.1 Å². The average molecular weight is 363 g/mol. The average Bonchev–Trinajstić information content (AvgIpc) is 3.15. The molecule has 0 aliphatic heterocycles. The minimum atomic E-state index is -0.586. The predicted molar refractivity (Wildman–Crippen MR) is 99.8 cm³/mol. The highest BCUT2D eigenvalue weighted by Crippen LogP contribution is 2.25. The smallest absolute Gasteiger partial charge is 0.274 e. The molecule has 0 aliphatic carbocycles. The van der Waals surface area contributed by atoms with E-state index in [0.29, 0.717) is 22.6 Å². The first-order valence-corrected chi connectivity index (χ1v) is 8.09. The Hall–Kier alpha value is -3.76. The molecule has 0 bridgehead atoms. The maximum absolute atomic E-state index is 12.3. The van der Waals surface area contributed by atoms with E-state index in [1.165, 1.54) is 0 Å². The summed E-state index contributed by atoms with van der Waals surface area (Å²) in [6.07, 6.45) is 0. The lowest BCUT2D eigenvalue weighted by Gasteiger charge is -1.99. The van der Waals surface area contributed by atoms with Gasteiger partial charge in [-0.25, -0.2) is 5.48 Å². The molecule has 0 aliphatic rings. The SMILES string of the molecule is COc1cccc2[nH]c(C(=O)NCC#Cc3ccc(C(=O)NO)cc3)cc12. The van der Waals surface area contributed by atoms with Crippen molar-refractivity contribution in [1.82, 2.24) is 15.8 Å². The number of H-pyrrole nitrogens is 1. The van der Waals surface area contributed by atoms with Crippen molar-refractivity contribution < 1.29 is 19.5 Å². The molecule has 0 radical (unpaired) electrons. The number of hydroxylamine groups is 1. The van der Waals surface area contributed by atoms with E-state index >= 15 is 0 Å². The summed E-state index contributed by atoms with van der Waals surface area (Å²) in [6, 6.07) is 13.7. The largest absolute Gasteiger partial charge is 0.496 e. The second-order valence-electron chi connectivity index (χ2n) is 5.61. The molecule has 7 nitrogen and oxygen atoms in total. The second-order valence-corrected chi connectivity index (χ2v) is 5.61. The maximum Gasteiger partial charge on any atom is 0.274 e. The predicted octanol–water partition coefficient (Wildman–Crippen LogP) is 2.08. The van der Waals surface area contributed by atoms with Crippen LogP contribution in [-0.4, -0.2) is 35.7 Å². The molecule has 3 aromatic rings. The molecule has 0 atom stereocenters. The van der Waals surface area contributed by atoms with E-state index in [-0.39, 0.29) is 12.5 Å². The van der Waals surface area contributed by atoms with Crippen LogP contribution in [0.1, 0.15) is 26.4 Å². The topological polar surface area (TPSA) is 103 Å². The van der Waals surface area contributed by atoms with Crippen molar-refractivity contribution in [3.8, 4) is 17.6 Å². The maximum atomic E-state index is 12.3. The zero-order valence-electron chi connectivity index (χ0n) is 14.5. The standard InChI is InChI=1S/C20H17N3O4/c1-27-18-6-2-5-16-15(18)12-17(22-16)20(25)21-11-3-4-13-7-9-14(10-8-13)19(24)23-26/h2,5-10,12,22,26H,11H2,1H3,(H,21,25)(H,23,24). The minimum Gasteiger partial charge on any atom is -0.496 e. The summed E-state index contributed by atoms with van der Waals surface area (Å²) >= 11 is 0. The molecule has 1 heterocycles. The van der Waals surface area contributed by atoms with Crippen LogP contribution in [0.4, 0.5) is 0 Å². The first kappa shape index (κ1) is 18.0. The molecule has 7 heteroatoms. The Bertz CT molecular complexity index is 1040. The summed E-state index contributed by atoms with van der Waals surface area (Å²) in [5, 5.41) is 12.1. The van der Waals surface area contributed by atoms with Gasteiger partial charge >= 0.3 is 0 Å². The van der Waals surface area contributed by atoms with Crippen molar-refractivity contribution in [3.63, 3.8) is 0 Å². The Morgan fingerprint density at radius 1 is 1.15 bits per heavy atom. The van der Waals surface area contributed by atoms with Crippen molar-refractivity contribution in [1.29, 1.82) is 0 Å². The molecule has 0 unspecified atom stereocenters. The van der Waals surface area contributed by atoms with Crippen molar-refractivity contribution in [3.05, 3.63) is 65.4 Å². The number of amides is 2. The van der Waals surface area contributed by atoms with Gasteiger partial charge in [-0.2, -0.15) is 0 Å². The van der Waals surface area contributed by atoms with E-state index < -0.39 is 5.91 Å². The molecular weight excluding hydrogens is 346 g/mol. The van der Waals surface area contributed by atoms with E-state index in [1.54, 1.807) is 42.9 Å². The van der Waals surface area contributed by atoms with Gasteiger partial charge in [-0.3, -0.25) is 14.8 Å². The Labute approximate surface area is 155 Å². The number of methoxy groups -OCH3 is 1. The van der Waals surface area contributed by atoms with Gasteiger partial charge in [0.25, 0.3) is 11.8 Å². The van der Waals surface area contributed by atoms with Crippen LogP contribution in [0, 0.1) is 11.8 Å². The van der Waals surface area contributed by atoms with Crippen LogP contribution in [-0.2, 0) is 0 Å². The normalized spacial score (nSPS) is 10.0. The third kappa shape index (κ3) is 4.08. The monoisotopic (exact) mass is 363 g/mol. The van der Waals surface area contributed by atoms with Gasteiger partial charge in [0.15, 0.2) is 0 Å². The number of nitrogens with one attached hydrogen (secondary N) is 3. The summed E-state index contributed by atoms with van der Waals surface area (Å²) in [5.41, 5.74) is 3.82. The molecule has 3 rings (SSSR count). The van der Waals surface area contributed by atoms with Crippen LogP contribution in [0.15, 0.2) is 48.5 Å². The van der Waals surface area contributed by atoms with Gasteiger partial charge in [-0.1, -0.05) is 17.9 Å². The lowest BCUT2D eigenvalue weighted by atomic mass is 10.1. The zero-order valence-corrected chi connectivity index (χ0v) is 14.5. The molecule has 0 fully saturated rings. The molecule has 0 saturated carbocycles. The van der Waals surface area contributed by atoms with Crippen molar-refractivity contribution in [2.75, 3.05) is 13.7 Å². The van der Waals surface area contributed by atoms with Gasteiger partial charge in [-0.15, -0.1) is 0 Å². The number of carbonyl (C=O) groups excluding carboxylic acids is 2. The van der Waals surface area contributed by atoms with Crippen LogP contribution < -0.4 is 15.5 Å². The number of aromatic nitrogens is 1. The number of hydrogen-bond acceptors (Lipinski definition) is 4. The number of benzene rings is 2. The Morgan fingerprint density at radius 3 is 2.63 bits per heavy atom. The molecule has 0 spiro atoms. The number of ether oxygens (including phenoxy) is 1. The molecule has 2 aromatic carbocycles. The fraction of sp³-hybridized carbons (Fsp3) is 0.100. The van der Waals surface area contributed by atoms with Crippen LogP contribution in [0.3, 0.4) is 0 Å². The van der Waals surface area contributed by atoms with Crippen molar-refractivity contribution >= 4 is 22.7 Å². The molecule has 4 N–H and O–H groups in total. The van der Waals surface area contributed by atoms with E-state index in [9.17, 15) is 9.59 Å². The van der Waals surface area contributed by atoms with Gasteiger partial charge < -0.3 is 15.0 Å². The Morgan fingerprint density at radius 2 is 1.93 bits per heavy atom. The summed E-state index contributed by atoms with van der Waals surface area (Å²) in [5.74, 6) is 5.58. The lowest BCUT2D eigenvalue weighted by Crippen LogP contribution is -2.23. The molecular formula is C20H17N3O4. The highest BCUT2D eigenvalue weighted by Gasteiger charge is 2.11. The molecule has 136 valence electrons. The molecule has 2 amide bonds. The highest BCUT2D eigenvalue weighted by molar-refractivity contribution is 5.99. The lowest BCUT2D eigenvalue weighted by molar-refractivity contribution is 0.0706. The number of rotatable bonds is 4. The summed E-state index contributed by atoms with van der Waals surface area (Å²) in [4.78, 5) is 26.6. The number of aromatic amines is 1. The quantitative estimate of drug-likeness (QED) is 0.324. The highest BCUT2D eigenvalue weighted by atomic mass is 16.5. The summed E-state index contributed by atoms with van der Waals surface area (Å²) in [6.45, 7) is 0.171. The Kier molecular flexibility index (Phi) is 5.40. The van der Waals surface area contributed by atoms with E-state index in [0.717, 1.165) is 10.9 Å². The van der Waals surface area contributed by atoms with Crippen LogP contribution in [0.5, 0.6) is 5.75 Å². The fourth-order valence-electron chi connectivity index (χ4n) is 2.56. The van der Waals surface area contributed by atoms with Crippen LogP contribution in [0.25, 0.3) is 10.9 Å². The van der Waals surface area contributed by atoms with Crippen molar-refractivity contribution in [2.24, 2.45) is 0 Å². The molecule has 0 saturated heterocycles. The fourth-order valence-corrected chi connectivity index (χ4v) is 2.56. The van der Waals surface area contributed by atoms with E-state index in [1.807, 2.05) is 18.2 Å². The summed E-state index contributed by atoms with van der Waals surface area (Å²) in [7, 11) is 1.58. The third-order valence-corrected chi connectivity index (χ3v) is 3.91. The number of carbonyl (C=O) groups is 2. The second kappa shape index (κ2) is 8.08. The first-order chi connectivity index (χ1) is 13.1. The van der Waals surface area contributed by atoms with Gasteiger partial charge in [-0.05, 0) is 42.5 Å². The summed E-state index contributed by atoms with van der Waals surface area (Å²) < 4.78 is 5.29. The van der Waals surface area contributed by atoms with Crippen molar-refractivity contribution in [2.45, 2.75) is 0 Å². The third-order valence-electron chi connectivity index (χ3n) is 3.91. The molecule has 27 heavy (non-hydrogen) atoms.